The molecule has 0 aliphatic carbocycles. The summed E-state index contributed by atoms with van der Waals surface area (Å²) in [5.74, 6) is 0.815. The maximum absolute atomic E-state index is 11.5. The zero-order chi connectivity index (χ0) is 10.8. The molecule has 0 aromatic carbocycles. The first-order valence-corrected chi connectivity index (χ1v) is 5.49. The zero-order valence-corrected chi connectivity index (χ0v) is 9.86. The van der Waals surface area contributed by atoms with E-state index in [4.69, 9.17) is 0 Å². The fraction of sp³-hybridized carbons (Fsp3) is 0.444. The van der Waals surface area contributed by atoms with Crippen molar-refractivity contribution >= 4 is 27.7 Å². The van der Waals surface area contributed by atoms with Gasteiger partial charge in [-0.3, -0.25) is 4.79 Å². The Morgan fingerprint density at radius 2 is 2.40 bits per heavy atom. The van der Waals surface area contributed by atoms with Crippen LogP contribution in [0.15, 0.2) is 17.0 Å². The standard InChI is InChI=1S/C9H11BrN4O/c1-6-9(15)11-2-3-14(6)8-4-7(10)12-5-13-8/h4-6H,2-3H2,1H3,(H,11,15). The Balaban J connectivity index is 2.26. The van der Waals surface area contributed by atoms with Crippen molar-refractivity contribution in [2.24, 2.45) is 0 Å². The molecular weight excluding hydrogens is 260 g/mol. The van der Waals surface area contributed by atoms with Crippen molar-refractivity contribution < 1.29 is 4.79 Å². The molecule has 1 unspecified atom stereocenters. The molecule has 5 nitrogen and oxygen atoms in total. The third kappa shape index (κ3) is 2.09. The average Bonchev–Trinajstić information content (AvgIpc) is 2.22. The lowest BCUT2D eigenvalue weighted by atomic mass is 10.2. The van der Waals surface area contributed by atoms with Gasteiger partial charge in [-0.05, 0) is 22.9 Å². The molecule has 1 fully saturated rings. The summed E-state index contributed by atoms with van der Waals surface area (Å²) in [6.45, 7) is 3.30. The Morgan fingerprint density at radius 1 is 1.60 bits per heavy atom. The summed E-state index contributed by atoms with van der Waals surface area (Å²) in [6, 6.07) is 1.63. The van der Waals surface area contributed by atoms with Crippen LogP contribution in [0.4, 0.5) is 5.82 Å². The van der Waals surface area contributed by atoms with Crippen molar-refractivity contribution in [3.05, 3.63) is 17.0 Å². The molecule has 1 N–H and O–H groups in total. The number of amides is 1. The number of carbonyl (C=O) groups is 1. The van der Waals surface area contributed by atoms with Crippen LogP contribution >= 0.6 is 15.9 Å². The first kappa shape index (κ1) is 10.4. The van der Waals surface area contributed by atoms with Crippen LogP contribution in [-0.4, -0.2) is 35.0 Å². The predicted octanol–water partition coefficient (Wildman–Crippen LogP) is 0.564. The van der Waals surface area contributed by atoms with Gasteiger partial charge in [0, 0.05) is 19.2 Å². The molecule has 1 saturated heterocycles. The number of carbonyl (C=O) groups excluding carboxylic acids is 1. The lowest BCUT2D eigenvalue weighted by molar-refractivity contribution is -0.122. The Kier molecular flexibility index (Phi) is 2.86. The maximum atomic E-state index is 11.5. The third-order valence-electron chi connectivity index (χ3n) is 2.41. The van der Waals surface area contributed by atoms with Crippen LogP contribution in [0.2, 0.25) is 0 Å². The van der Waals surface area contributed by atoms with Gasteiger partial charge >= 0.3 is 0 Å². The summed E-state index contributed by atoms with van der Waals surface area (Å²) in [5.41, 5.74) is 0. The van der Waals surface area contributed by atoms with Crippen molar-refractivity contribution in [1.29, 1.82) is 0 Å². The first-order chi connectivity index (χ1) is 7.18. The topological polar surface area (TPSA) is 58.1 Å². The highest BCUT2D eigenvalue weighted by Gasteiger charge is 2.26. The van der Waals surface area contributed by atoms with E-state index in [9.17, 15) is 4.79 Å². The largest absolute Gasteiger partial charge is 0.353 e. The van der Waals surface area contributed by atoms with E-state index in [1.54, 1.807) is 0 Å². The van der Waals surface area contributed by atoms with Gasteiger partial charge in [-0.1, -0.05) is 0 Å². The fourth-order valence-electron chi connectivity index (χ4n) is 1.58. The lowest BCUT2D eigenvalue weighted by Crippen LogP contribution is -2.54. The molecule has 0 bridgehead atoms. The fourth-order valence-corrected chi connectivity index (χ4v) is 1.87. The second-order valence-electron chi connectivity index (χ2n) is 3.36. The van der Waals surface area contributed by atoms with Crippen LogP contribution in [0, 0.1) is 0 Å². The van der Waals surface area contributed by atoms with Gasteiger partial charge in [0.1, 0.15) is 22.8 Å². The number of halogens is 1. The summed E-state index contributed by atoms with van der Waals surface area (Å²) in [7, 11) is 0. The van der Waals surface area contributed by atoms with Gasteiger partial charge in [-0.25, -0.2) is 9.97 Å². The average molecular weight is 271 g/mol. The molecule has 1 amide bonds. The monoisotopic (exact) mass is 270 g/mol. The first-order valence-electron chi connectivity index (χ1n) is 4.70. The molecule has 0 spiro atoms. The van der Waals surface area contributed by atoms with E-state index in [0.717, 1.165) is 17.0 Å². The highest BCUT2D eigenvalue weighted by molar-refractivity contribution is 9.10. The van der Waals surface area contributed by atoms with E-state index in [0.29, 0.717) is 6.54 Å². The van der Waals surface area contributed by atoms with Gasteiger partial charge in [-0.2, -0.15) is 0 Å². The van der Waals surface area contributed by atoms with E-state index in [-0.39, 0.29) is 11.9 Å². The van der Waals surface area contributed by atoms with E-state index < -0.39 is 0 Å². The summed E-state index contributed by atoms with van der Waals surface area (Å²) >= 11 is 3.29. The van der Waals surface area contributed by atoms with Crippen LogP contribution in [0.5, 0.6) is 0 Å². The SMILES string of the molecule is CC1C(=O)NCCN1c1cc(Br)ncn1. The Morgan fingerprint density at radius 3 is 3.13 bits per heavy atom. The molecule has 1 aromatic rings. The Hall–Kier alpha value is -1.17. The van der Waals surface area contributed by atoms with E-state index >= 15 is 0 Å². The normalized spacial score (nSPS) is 21.3. The number of aromatic nitrogens is 2. The minimum atomic E-state index is -0.180. The number of rotatable bonds is 1. The molecular formula is C9H11BrN4O. The number of hydrogen-bond acceptors (Lipinski definition) is 4. The van der Waals surface area contributed by atoms with Crippen molar-refractivity contribution in [3.8, 4) is 0 Å². The van der Waals surface area contributed by atoms with E-state index in [2.05, 4.69) is 31.2 Å². The van der Waals surface area contributed by atoms with Gasteiger partial charge in [0.2, 0.25) is 5.91 Å². The van der Waals surface area contributed by atoms with E-state index in [1.165, 1.54) is 6.33 Å². The maximum Gasteiger partial charge on any atom is 0.242 e. The lowest BCUT2D eigenvalue weighted by Gasteiger charge is -2.33. The Labute approximate surface area is 96.0 Å². The number of piperazine rings is 1. The van der Waals surface area contributed by atoms with Gasteiger partial charge in [-0.15, -0.1) is 0 Å². The van der Waals surface area contributed by atoms with Crippen molar-refractivity contribution in [2.75, 3.05) is 18.0 Å². The minimum Gasteiger partial charge on any atom is -0.353 e. The molecule has 1 aromatic heterocycles. The minimum absolute atomic E-state index is 0.0379. The molecule has 80 valence electrons. The number of hydrogen-bond donors (Lipinski definition) is 1. The van der Waals surface area contributed by atoms with E-state index in [1.807, 2.05) is 17.9 Å². The molecule has 0 saturated carbocycles. The molecule has 1 aliphatic heterocycles. The number of anilines is 1. The molecule has 2 heterocycles. The van der Waals surface area contributed by atoms with Crippen molar-refractivity contribution in [2.45, 2.75) is 13.0 Å². The van der Waals surface area contributed by atoms with Crippen LogP contribution in [0.1, 0.15) is 6.92 Å². The zero-order valence-electron chi connectivity index (χ0n) is 8.27. The molecule has 1 atom stereocenters. The third-order valence-corrected chi connectivity index (χ3v) is 2.85. The molecule has 2 rings (SSSR count). The summed E-state index contributed by atoms with van der Waals surface area (Å²) < 4.78 is 0.727. The van der Waals surface area contributed by atoms with Crippen LogP contribution in [0.3, 0.4) is 0 Å². The quantitative estimate of drug-likeness (QED) is 0.758. The summed E-state index contributed by atoms with van der Waals surface area (Å²) in [4.78, 5) is 21.5. The smallest absolute Gasteiger partial charge is 0.242 e. The van der Waals surface area contributed by atoms with Gasteiger partial charge < -0.3 is 10.2 Å². The Bertz CT molecular complexity index is 384. The second kappa shape index (κ2) is 4.14. The van der Waals surface area contributed by atoms with Crippen LogP contribution in [-0.2, 0) is 4.79 Å². The second-order valence-corrected chi connectivity index (χ2v) is 4.17. The van der Waals surface area contributed by atoms with Crippen molar-refractivity contribution in [1.82, 2.24) is 15.3 Å². The molecule has 15 heavy (non-hydrogen) atoms. The van der Waals surface area contributed by atoms with Crippen LogP contribution in [0.25, 0.3) is 0 Å². The van der Waals surface area contributed by atoms with Gasteiger partial charge in [0.05, 0.1) is 0 Å². The molecule has 1 aliphatic rings. The van der Waals surface area contributed by atoms with Gasteiger partial charge in [0.25, 0.3) is 0 Å². The predicted molar refractivity (Wildman–Crippen MR) is 59.5 cm³/mol. The summed E-state index contributed by atoms with van der Waals surface area (Å²) in [5, 5.41) is 2.81. The highest BCUT2D eigenvalue weighted by atomic mass is 79.9. The highest BCUT2D eigenvalue weighted by Crippen LogP contribution is 2.18. The number of nitrogens with zero attached hydrogens (tertiary/aromatic N) is 3. The number of nitrogens with one attached hydrogen (secondary N) is 1. The van der Waals surface area contributed by atoms with Crippen molar-refractivity contribution in [3.63, 3.8) is 0 Å². The van der Waals surface area contributed by atoms with Gasteiger partial charge in [0.15, 0.2) is 0 Å². The van der Waals surface area contributed by atoms with Crippen LogP contribution < -0.4 is 10.2 Å². The summed E-state index contributed by atoms with van der Waals surface area (Å²) in [6.07, 6.45) is 1.48. The molecule has 6 heteroatoms. The molecule has 0 radical (unpaired) electrons.